The molecule has 2 rings (SSSR count). The van der Waals surface area contributed by atoms with Crippen molar-refractivity contribution in [2.24, 2.45) is 0 Å². The average Bonchev–Trinajstić information content (AvgIpc) is 3.19. The molecule has 7 heteroatoms. The number of benzene rings is 1. The van der Waals surface area contributed by atoms with Crippen molar-refractivity contribution in [3.05, 3.63) is 51.9 Å². The first-order valence-electron chi connectivity index (χ1n) is 8.45. The Labute approximate surface area is 166 Å². The maximum absolute atomic E-state index is 12.3. The zero-order valence-corrected chi connectivity index (χ0v) is 17.0. The van der Waals surface area contributed by atoms with Crippen molar-refractivity contribution in [2.75, 3.05) is 7.11 Å². The number of amides is 1. The fourth-order valence-electron chi connectivity index (χ4n) is 2.21. The van der Waals surface area contributed by atoms with Gasteiger partial charge in [-0.15, -0.1) is 0 Å². The van der Waals surface area contributed by atoms with Gasteiger partial charge in [0.05, 0.1) is 30.5 Å². The molecule has 0 saturated carbocycles. The van der Waals surface area contributed by atoms with Crippen LogP contribution in [0.3, 0.4) is 0 Å². The summed E-state index contributed by atoms with van der Waals surface area (Å²) in [4.78, 5) is 12.3. The molecule has 0 aliphatic carbocycles. The van der Waals surface area contributed by atoms with Crippen molar-refractivity contribution in [1.29, 1.82) is 5.26 Å². The Kier molecular flexibility index (Phi) is 7.50. The smallest absolute Gasteiger partial charge is 0.262 e. The minimum absolute atomic E-state index is 0.0221. The van der Waals surface area contributed by atoms with Crippen molar-refractivity contribution in [2.45, 2.75) is 32.9 Å². The van der Waals surface area contributed by atoms with Crippen molar-refractivity contribution >= 4 is 27.9 Å². The van der Waals surface area contributed by atoms with Crippen molar-refractivity contribution in [1.82, 2.24) is 5.32 Å². The third-order valence-electron chi connectivity index (χ3n) is 3.83. The van der Waals surface area contributed by atoms with Crippen LogP contribution in [0.25, 0.3) is 6.08 Å². The monoisotopic (exact) mass is 432 g/mol. The Morgan fingerprint density at radius 3 is 2.85 bits per heavy atom. The Hall–Kier alpha value is -2.72. The molecule has 1 amide bonds. The molecule has 0 saturated heterocycles. The van der Waals surface area contributed by atoms with E-state index in [0.29, 0.717) is 27.3 Å². The predicted molar refractivity (Wildman–Crippen MR) is 105 cm³/mol. The van der Waals surface area contributed by atoms with E-state index < -0.39 is 5.91 Å². The number of nitriles is 1. The van der Waals surface area contributed by atoms with E-state index in [9.17, 15) is 10.1 Å². The quantitative estimate of drug-likeness (QED) is 0.491. The topological polar surface area (TPSA) is 84.5 Å². The van der Waals surface area contributed by atoms with Gasteiger partial charge in [-0.3, -0.25) is 4.79 Å². The van der Waals surface area contributed by atoms with E-state index in [1.165, 1.54) is 12.3 Å². The summed E-state index contributed by atoms with van der Waals surface area (Å²) in [6.45, 7) is 4.21. The van der Waals surface area contributed by atoms with Gasteiger partial charge in [0.2, 0.25) is 0 Å². The average molecular weight is 433 g/mol. The molecule has 0 bridgehead atoms. The van der Waals surface area contributed by atoms with Crippen molar-refractivity contribution in [3.8, 4) is 17.6 Å². The van der Waals surface area contributed by atoms with Crippen LogP contribution >= 0.6 is 15.9 Å². The lowest BCUT2D eigenvalue weighted by atomic mass is 10.1. The van der Waals surface area contributed by atoms with E-state index >= 15 is 0 Å². The number of nitrogens with zero attached hydrogens (tertiary/aromatic N) is 1. The maximum Gasteiger partial charge on any atom is 0.262 e. The van der Waals surface area contributed by atoms with Crippen LogP contribution in [0.5, 0.6) is 11.5 Å². The number of furan rings is 1. The second-order valence-electron chi connectivity index (χ2n) is 5.80. The molecule has 0 aliphatic heterocycles. The van der Waals surface area contributed by atoms with Crippen molar-refractivity contribution in [3.63, 3.8) is 0 Å². The largest absolute Gasteiger partial charge is 0.493 e. The summed E-state index contributed by atoms with van der Waals surface area (Å²) in [6.07, 6.45) is 3.90. The third kappa shape index (κ3) is 5.63. The van der Waals surface area contributed by atoms with Crippen LogP contribution in [0.15, 0.2) is 45.0 Å². The van der Waals surface area contributed by atoms with Gasteiger partial charge < -0.3 is 19.2 Å². The van der Waals surface area contributed by atoms with Crippen LogP contribution in [-0.2, 0) is 11.3 Å². The first-order chi connectivity index (χ1) is 13.0. The number of halogens is 1. The van der Waals surface area contributed by atoms with E-state index in [1.54, 1.807) is 31.4 Å². The van der Waals surface area contributed by atoms with E-state index in [-0.39, 0.29) is 18.2 Å². The van der Waals surface area contributed by atoms with E-state index in [4.69, 9.17) is 13.9 Å². The zero-order valence-electron chi connectivity index (χ0n) is 15.4. The molecule has 0 radical (unpaired) electrons. The summed E-state index contributed by atoms with van der Waals surface area (Å²) in [7, 11) is 1.54. The Morgan fingerprint density at radius 2 is 2.26 bits per heavy atom. The fraction of sp³-hybridized carbons (Fsp3) is 0.300. The number of rotatable bonds is 8. The molecule has 142 valence electrons. The minimum Gasteiger partial charge on any atom is -0.493 e. The highest BCUT2D eigenvalue weighted by Crippen LogP contribution is 2.38. The van der Waals surface area contributed by atoms with Gasteiger partial charge in [0.1, 0.15) is 17.4 Å². The molecular weight excluding hydrogens is 412 g/mol. The van der Waals surface area contributed by atoms with Crippen LogP contribution in [0, 0.1) is 11.3 Å². The molecule has 1 aromatic heterocycles. The second-order valence-corrected chi connectivity index (χ2v) is 6.66. The molecule has 1 atom stereocenters. The number of nitrogens with one attached hydrogen (secondary N) is 1. The summed E-state index contributed by atoms with van der Waals surface area (Å²) >= 11 is 3.47. The van der Waals surface area contributed by atoms with Gasteiger partial charge >= 0.3 is 0 Å². The van der Waals surface area contributed by atoms with Crippen LogP contribution in [0.1, 0.15) is 31.6 Å². The molecule has 0 spiro atoms. The summed E-state index contributed by atoms with van der Waals surface area (Å²) in [6, 6.07) is 8.90. The van der Waals surface area contributed by atoms with Gasteiger partial charge in [-0.1, -0.05) is 6.92 Å². The molecule has 6 nitrogen and oxygen atoms in total. The first kappa shape index (κ1) is 20.6. The minimum atomic E-state index is -0.482. The maximum atomic E-state index is 12.3. The number of carbonyl (C=O) groups excluding carboxylic acids is 1. The predicted octanol–water partition coefficient (Wildman–Crippen LogP) is 4.45. The highest BCUT2D eigenvalue weighted by molar-refractivity contribution is 9.10. The van der Waals surface area contributed by atoms with Crippen LogP contribution in [0.4, 0.5) is 0 Å². The first-order valence-corrected chi connectivity index (χ1v) is 9.24. The van der Waals surface area contributed by atoms with Gasteiger partial charge in [0.15, 0.2) is 11.5 Å². The molecule has 0 aliphatic rings. The number of methoxy groups -OCH3 is 1. The standard InChI is InChI=1S/C20H21BrN2O4/c1-4-13(2)27-19-17(21)9-14(10-18(19)25-3)8-15(11-22)20(24)23-12-16-6-5-7-26-16/h5-10,13H,4,12H2,1-3H3,(H,23,24). The SMILES string of the molecule is CCC(C)Oc1c(Br)cc(C=C(C#N)C(=O)NCc2ccco2)cc1OC. The summed E-state index contributed by atoms with van der Waals surface area (Å²) in [5.41, 5.74) is 0.617. The molecular formula is C20H21BrN2O4. The molecule has 1 unspecified atom stereocenters. The normalized spacial score (nSPS) is 12.2. The Morgan fingerprint density at radius 1 is 1.48 bits per heavy atom. The van der Waals surface area contributed by atoms with Crippen LogP contribution in [-0.4, -0.2) is 19.1 Å². The van der Waals surface area contributed by atoms with Crippen LogP contribution < -0.4 is 14.8 Å². The van der Waals surface area contributed by atoms with Gasteiger partial charge in [0.25, 0.3) is 5.91 Å². The van der Waals surface area contributed by atoms with E-state index in [1.807, 2.05) is 19.9 Å². The van der Waals surface area contributed by atoms with Gasteiger partial charge in [0, 0.05) is 0 Å². The van der Waals surface area contributed by atoms with Crippen LogP contribution in [0.2, 0.25) is 0 Å². The highest BCUT2D eigenvalue weighted by Gasteiger charge is 2.15. The lowest BCUT2D eigenvalue weighted by Crippen LogP contribution is -2.23. The van der Waals surface area contributed by atoms with Crippen molar-refractivity contribution < 1.29 is 18.7 Å². The summed E-state index contributed by atoms with van der Waals surface area (Å²) in [5, 5.41) is 12.0. The lowest BCUT2D eigenvalue weighted by Gasteiger charge is -2.17. The van der Waals surface area contributed by atoms with E-state index in [0.717, 1.165) is 6.42 Å². The number of hydrogen-bond acceptors (Lipinski definition) is 5. The summed E-state index contributed by atoms with van der Waals surface area (Å²) in [5.74, 6) is 1.23. The number of carbonyl (C=O) groups is 1. The van der Waals surface area contributed by atoms with Gasteiger partial charge in [-0.25, -0.2) is 0 Å². The second kappa shape index (κ2) is 9.83. The number of hydrogen-bond donors (Lipinski definition) is 1. The van der Waals surface area contributed by atoms with E-state index in [2.05, 4.69) is 21.2 Å². The number of ether oxygens (including phenoxy) is 2. The molecule has 1 N–H and O–H groups in total. The fourth-order valence-corrected chi connectivity index (χ4v) is 2.77. The highest BCUT2D eigenvalue weighted by atomic mass is 79.9. The molecule has 27 heavy (non-hydrogen) atoms. The Bertz CT molecular complexity index is 854. The Balaban J connectivity index is 2.23. The third-order valence-corrected chi connectivity index (χ3v) is 4.41. The zero-order chi connectivity index (χ0) is 19.8. The lowest BCUT2D eigenvalue weighted by molar-refractivity contribution is -0.117. The van der Waals surface area contributed by atoms with Gasteiger partial charge in [-0.05, 0) is 65.2 Å². The molecule has 0 fully saturated rings. The molecule has 1 heterocycles. The van der Waals surface area contributed by atoms with Gasteiger partial charge in [-0.2, -0.15) is 5.26 Å². The summed E-state index contributed by atoms with van der Waals surface area (Å²) < 4.78 is 17.1. The molecule has 1 aromatic carbocycles. The molecule has 2 aromatic rings.